The Labute approximate surface area is 160 Å². The van der Waals surface area contributed by atoms with Crippen LogP contribution in [0.1, 0.15) is 53.6 Å². The average molecular weight is 372 g/mol. The lowest BCUT2D eigenvalue weighted by molar-refractivity contribution is -0.123. The van der Waals surface area contributed by atoms with Gasteiger partial charge in [0.1, 0.15) is 5.75 Å². The van der Waals surface area contributed by atoms with Crippen molar-refractivity contribution in [3.63, 3.8) is 0 Å². The molecule has 0 unspecified atom stereocenters. The summed E-state index contributed by atoms with van der Waals surface area (Å²) in [5.41, 5.74) is 5.93. The SMILES string of the molecule is Cc1cc(OCC(=O)N[C@H](C)c2ccc3c(c2)CCCC3)cc(C)c1Cl. The molecule has 0 fully saturated rings. The van der Waals surface area contributed by atoms with Gasteiger partial charge in [0.15, 0.2) is 6.61 Å². The number of benzene rings is 2. The van der Waals surface area contributed by atoms with Crippen LogP contribution < -0.4 is 10.1 Å². The van der Waals surface area contributed by atoms with E-state index >= 15 is 0 Å². The Bertz CT molecular complexity index is 793. The molecule has 1 aliphatic carbocycles. The number of amides is 1. The molecule has 2 aromatic carbocycles. The first-order valence-corrected chi connectivity index (χ1v) is 9.62. The first-order valence-electron chi connectivity index (χ1n) is 9.24. The van der Waals surface area contributed by atoms with Crippen LogP contribution in [0.25, 0.3) is 0 Å². The van der Waals surface area contributed by atoms with Gasteiger partial charge in [-0.2, -0.15) is 0 Å². The Morgan fingerprint density at radius 1 is 1.12 bits per heavy atom. The lowest BCUT2D eigenvalue weighted by atomic mass is 9.89. The number of hydrogen-bond acceptors (Lipinski definition) is 2. The Balaban J connectivity index is 1.58. The summed E-state index contributed by atoms with van der Waals surface area (Å²) in [7, 11) is 0. The summed E-state index contributed by atoms with van der Waals surface area (Å²) >= 11 is 6.16. The fourth-order valence-corrected chi connectivity index (χ4v) is 3.64. The molecule has 0 bridgehead atoms. The standard InChI is InChI=1S/C22H26ClNO2/c1-14-10-20(11-15(2)22(14)23)26-13-21(25)24-16(3)18-9-8-17-6-4-5-7-19(17)12-18/h8-12,16H,4-7,13H2,1-3H3,(H,24,25)/t16-/m1/s1. The molecule has 1 N–H and O–H groups in total. The summed E-state index contributed by atoms with van der Waals surface area (Å²) in [5, 5.41) is 3.76. The predicted molar refractivity (Wildman–Crippen MR) is 106 cm³/mol. The van der Waals surface area contributed by atoms with E-state index in [9.17, 15) is 4.79 Å². The summed E-state index contributed by atoms with van der Waals surface area (Å²) < 4.78 is 5.64. The molecule has 3 rings (SSSR count). The van der Waals surface area contributed by atoms with Crippen LogP contribution >= 0.6 is 11.6 Å². The lowest BCUT2D eigenvalue weighted by Gasteiger charge is -2.20. The van der Waals surface area contributed by atoms with Crippen LogP contribution in [0, 0.1) is 13.8 Å². The first-order chi connectivity index (χ1) is 12.4. The third kappa shape index (κ3) is 4.39. The van der Waals surface area contributed by atoms with Crippen LogP contribution in [-0.2, 0) is 17.6 Å². The van der Waals surface area contributed by atoms with Crippen molar-refractivity contribution in [1.29, 1.82) is 0 Å². The van der Waals surface area contributed by atoms with Crippen LogP contribution in [0.3, 0.4) is 0 Å². The van der Waals surface area contributed by atoms with Gasteiger partial charge in [0, 0.05) is 5.02 Å². The summed E-state index contributed by atoms with van der Waals surface area (Å²) in [5.74, 6) is 0.543. The molecule has 3 nitrogen and oxygen atoms in total. The number of ether oxygens (including phenoxy) is 1. The van der Waals surface area contributed by atoms with Crippen LogP contribution in [0.15, 0.2) is 30.3 Å². The van der Waals surface area contributed by atoms with Crippen LogP contribution in [0.2, 0.25) is 5.02 Å². The number of carbonyl (C=O) groups excluding carboxylic acids is 1. The van der Waals surface area contributed by atoms with Crippen LogP contribution in [0.5, 0.6) is 5.75 Å². The molecule has 2 aromatic rings. The highest BCUT2D eigenvalue weighted by atomic mass is 35.5. The van der Waals surface area contributed by atoms with Gasteiger partial charge in [-0.05, 0) is 86.4 Å². The molecule has 1 amide bonds. The van der Waals surface area contributed by atoms with E-state index in [-0.39, 0.29) is 18.6 Å². The highest BCUT2D eigenvalue weighted by molar-refractivity contribution is 6.32. The highest BCUT2D eigenvalue weighted by Crippen LogP contribution is 2.26. The molecule has 0 aliphatic heterocycles. The maximum atomic E-state index is 12.3. The summed E-state index contributed by atoms with van der Waals surface area (Å²) in [6, 6.07) is 10.3. The number of halogens is 1. The number of rotatable bonds is 5. The molecule has 4 heteroatoms. The van der Waals surface area contributed by atoms with Gasteiger partial charge in [-0.1, -0.05) is 29.8 Å². The average Bonchev–Trinajstić information content (AvgIpc) is 2.63. The number of aryl methyl sites for hydroxylation is 4. The molecule has 0 spiro atoms. The van der Waals surface area contributed by atoms with E-state index in [4.69, 9.17) is 16.3 Å². The van der Waals surface area contributed by atoms with E-state index in [0.717, 1.165) is 28.1 Å². The van der Waals surface area contributed by atoms with Crippen molar-refractivity contribution in [2.75, 3.05) is 6.61 Å². The summed E-state index contributed by atoms with van der Waals surface area (Å²) in [6.07, 6.45) is 4.84. The minimum Gasteiger partial charge on any atom is -0.484 e. The molecular formula is C22H26ClNO2. The third-order valence-corrected chi connectivity index (χ3v) is 5.63. The highest BCUT2D eigenvalue weighted by Gasteiger charge is 2.14. The van der Waals surface area contributed by atoms with E-state index in [1.165, 1.54) is 30.4 Å². The Morgan fingerprint density at radius 2 is 1.77 bits per heavy atom. The Morgan fingerprint density at radius 3 is 2.46 bits per heavy atom. The van der Waals surface area contributed by atoms with E-state index < -0.39 is 0 Å². The Hall–Kier alpha value is -2.00. The summed E-state index contributed by atoms with van der Waals surface area (Å²) in [4.78, 5) is 12.3. The van der Waals surface area contributed by atoms with Gasteiger partial charge in [-0.25, -0.2) is 0 Å². The van der Waals surface area contributed by atoms with Crippen molar-refractivity contribution in [3.8, 4) is 5.75 Å². The van der Waals surface area contributed by atoms with Crippen LogP contribution in [-0.4, -0.2) is 12.5 Å². The minimum atomic E-state index is -0.125. The van der Waals surface area contributed by atoms with Crippen molar-refractivity contribution < 1.29 is 9.53 Å². The molecular weight excluding hydrogens is 346 g/mol. The molecule has 0 radical (unpaired) electrons. The topological polar surface area (TPSA) is 38.3 Å². The van der Waals surface area contributed by atoms with Gasteiger partial charge in [-0.15, -0.1) is 0 Å². The van der Waals surface area contributed by atoms with Gasteiger partial charge in [0.2, 0.25) is 0 Å². The summed E-state index contributed by atoms with van der Waals surface area (Å²) in [6.45, 7) is 5.87. The quantitative estimate of drug-likeness (QED) is 0.794. The number of nitrogens with one attached hydrogen (secondary N) is 1. The molecule has 0 saturated carbocycles. The second kappa shape index (κ2) is 8.13. The first kappa shape index (κ1) is 18.8. The Kier molecular flexibility index (Phi) is 5.87. The van der Waals surface area contributed by atoms with Crippen molar-refractivity contribution in [3.05, 3.63) is 63.2 Å². The number of carbonyl (C=O) groups is 1. The second-order valence-electron chi connectivity index (χ2n) is 7.18. The van der Waals surface area contributed by atoms with E-state index in [1.807, 2.05) is 32.9 Å². The molecule has 1 atom stereocenters. The van der Waals surface area contributed by atoms with Crippen molar-refractivity contribution >= 4 is 17.5 Å². The minimum absolute atomic E-state index is 0.00417. The van der Waals surface area contributed by atoms with Crippen molar-refractivity contribution in [2.45, 2.75) is 52.5 Å². The van der Waals surface area contributed by atoms with E-state index in [0.29, 0.717) is 5.75 Å². The maximum Gasteiger partial charge on any atom is 0.258 e. The normalized spacial score (nSPS) is 14.5. The molecule has 26 heavy (non-hydrogen) atoms. The van der Waals surface area contributed by atoms with Gasteiger partial charge >= 0.3 is 0 Å². The molecule has 1 aliphatic rings. The molecule has 0 aromatic heterocycles. The largest absolute Gasteiger partial charge is 0.484 e. The fourth-order valence-electron chi connectivity index (χ4n) is 3.53. The van der Waals surface area contributed by atoms with Gasteiger partial charge in [0.05, 0.1) is 6.04 Å². The zero-order valence-electron chi connectivity index (χ0n) is 15.7. The molecule has 0 saturated heterocycles. The van der Waals surface area contributed by atoms with Gasteiger partial charge in [0.25, 0.3) is 5.91 Å². The monoisotopic (exact) mass is 371 g/mol. The van der Waals surface area contributed by atoms with Crippen molar-refractivity contribution in [2.24, 2.45) is 0 Å². The number of fused-ring (bicyclic) bond motifs is 1. The predicted octanol–water partition coefficient (Wildman–Crippen LogP) is 5.09. The van der Waals surface area contributed by atoms with Gasteiger partial charge < -0.3 is 10.1 Å². The zero-order chi connectivity index (χ0) is 18.7. The van der Waals surface area contributed by atoms with E-state index in [2.05, 4.69) is 23.5 Å². The van der Waals surface area contributed by atoms with E-state index in [1.54, 1.807) is 0 Å². The smallest absolute Gasteiger partial charge is 0.258 e. The molecule has 138 valence electrons. The number of hydrogen-bond donors (Lipinski definition) is 1. The second-order valence-corrected chi connectivity index (χ2v) is 7.56. The van der Waals surface area contributed by atoms with Gasteiger partial charge in [-0.3, -0.25) is 4.79 Å². The fraction of sp³-hybridized carbons (Fsp3) is 0.409. The third-order valence-electron chi connectivity index (χ3n) is 5.03. The van der Waals surface area contributed by atoms with Crippen molar-refractivity contribution in [1.82, 2.24) is 5.32 Å². The van der Waals surface area contributed by atoms with Crippen LogP contribution in [0.4, 0.5) is 0 Å². The maximum absolute atomic E-state index is 12.3. The molecule has 0 heterocycles. The lowest BCUT2D eigenvalue weighted by Crippen LogP contribution is -2.31. The zero-order valence-corrected chi connectivity index (χ0v) is 16.5.